The second-order valence-corrected chi connectivity index (χ2v) is 4.17. The number of nitrogens with zero attached hydrogens (tertiary/aromatic N) is 3. The normalized spacial score (nSPS) is 12.9. The van der Waals surface area contributed by atoms with Crippen molar-refractivity contribution in [2.75, 3.05) is 0 Å². The monoisotopic (exact) mass is 251 g/mol. The Kier molecular flexibility index (Phi) is 2.69. The molecule has 0 spiro atoms. The van der Waals surface area contributed by atoms with Crippen molar-refractivity contribution >= 4 is 5.78 Å². The van der Waals surface area contributed by atoms with E-state index in [1.807, 2.05) is 12.1 Å². The van der Waals surface area contributed by atoms with Crippen LogP contribution in [0.25, 0.3) is 0 Å². The molecule has 0 fully saturated rings. The van der Waals surface area contributed by atoms with Crippen molar-refractivity contribution in [1.29, 1.82) is 5.26 Å². The largest absolute Gasteiger partial charge is 0.436 e. The smallest absolute Gasteiger partial charge is 0.256 e. The van der Waals surface area contributed by atoms with Gasteiger partial charge in [-0.15, -0.1) is 0 Å². The number of ether oxygens (including phenoxy) is 1. The van der Waals surface area contributed by atoms with Crippen molar-refractivity contribution in [1.82, 2.24) is 9.97 Å². The van der Waals surface area contributed by atoms with Gasteiger partial charge >= 0.3 is 0 Å². The van der Waals surface area contributed by atoms with E-state index in [2.05, 4.69) is 9.97 Å². The molecule has 1 aromatic heterocycles. The van der Waals surface area contributed by atoms with Gasteiger partial charge in [-0.2, -0.15) is 5.26 Å². The number of carbonyl (C=O) groups is 1. The quantitative estimate of drug-likeness (QED) is 0.818. The van der Waals surface area contributed by atoms with Crippen LogP contribution in [0, 0.1) is 11.3 Å². The van der Waals surface area contributed by atoms with Crippen molar-refractivity contribution in [3.8, 4) is 17.7 Å². The van der Waals surface area contributed by atoms with Crippen LogP contribution in [0.4, 0.5) is 0 Å². The van der Waals surface area contributed by atoms with Gasteiger partial charge in [-0.05, 0) is 30.2 Å². The Bertz CT molecular complexity index is 704. The van der Waals surface area contributed by atoms with Gasteiger partial charge in [0.25, 0.3) is 5.88 Å². The summed E-state index contributed by atoms with van der Waals surface area (Å²) in [5.74, 6) is 0.901. The molecule has 3 rings (SSSR count). The molecule has 92 valence electrons. The third-order valence-corrected chi connectivity index (χ3v) is 2.98. The third-order valence-electron chi connectivity index (χ3n) is 2.98. The van der Waals surface area contributed by atoms with Crippen LogP contribution < -0.4 is 4.74 Å². The maximum Gasteiger partial charge on any atom is 0.256 e. The summed E-state index contributed by atoms with van der Waals surface area (Å²) in [6.07, 6.45) is 4.18. The van der Waals surface area contributed by atoms with E-state index in [1.165, 1.54) is 12.4 Å². The molecule has 19 heavy (non-hydrogen) atoms. The first-order valence-corrected chi connectivity index (χ1v) is 5.83. The van der Waals surface area contributed by atoms with Crippen LogP contribution in [0.15, 0.2) is 30.6 Å². The number of fused-ring (bicyclic) bond motifs is 1. The highest BCUT2D eigenvalue weighted by molar-refractivity contribution is 6.00. The lowest BCUT2D eigenvalue weighted by Crippen LogP contribution is -1.95. The number of benzene rings is 1. The lowest BCUT2D eigenvalue weighted by Gasteiger charge is -2.06. The fourth-order valence-corrected chi connectivity index (χ4v) is 2.08. The van der Waals surface area contributed by atoms with E-state index in [-0.39, 0.29) is 17.4 Å². The van der Waals surface area contributed by atoms with Crippen molar-refractivity contribution in [2.24, 2.45) is 0 Å². The number of hydrogen-bond acceptors (Lipinski definition) is 5. The minimum atomic E-state index is 0.138. The predicted octanol–water partition coefficient (Wildman–Crippen LogP) is 2.27. The molecule has 0 N–H and O–H groups in total. The molecule has 1 aromatic carbocycles. The summed E-state index contributed by atoms with van der Waals surface area (Å²) in [7, 11) is 0. The maximum absolute atomic E-state index is 11.5. The maximum atomic E-state index is 11.5. The number of aryl methyl sites for hydroxylation is 1. The molecule has 1 heterocycles. The van der Waals surface area contributed by atoms with E-state index in [4.69, 9.17) is 10.00 Å². The minimum Gasteiger partial charge on any atom is -0.436 e. The van der Waals surface area contributed by atoms with Gasteiger partial charge in [0.05, 0.1) is 0 Å². The Hall–Kier alpha value is -2.74. The van der Waals surface area contributed by atoms with Gasteiger partial charge in [-0.25, -0.2) is 9.97 Å². The molecule has 0 saturated carbocycles. The van der Waals surface area contributed by atoms with E-state index in [0.29, 0.717) is 12.2 Å². The second-order valence-electron chi connectivity index (χ2n) is 4.17. The predicted molar refractivity (Wildman–Crippen MR) is 65.9 cm³/mol. The molecule has 0 radical (unpaired) electrons. The Morgan fingerprint density at radius 2 is 2.05 bits per heavy atom. The summed E-state index contributed by atoms with van der Waals surface area (Å²) in [6.45, 7) is 0. The van der Waals surface area contributed by atoms with E-state index in [9.17, 15) is 4.79 Å². The third kappa shape index (κ3) is 2.04. The number of aromatic nitrogens is 2. The van der Waals surface area contributed by atoms with Crippen molar-refractivity contribution in [3.63, 3.8) is 0 Å². The standard InChI is InChI=1S/C14H9N3O2/c15-8-12-14(17-6-5-16-12)19-10-2-3-11-9(7-10)1-4-13(11)18/h2-3,5-7H,1,4H2. The minimum absolute atomic E-state index is 0.138. The second kappa shape index (κ2) is 4.50. The zero-order chi connectivity index (χ0) is 13.2. The van der Waals surface area contributed by atoms with Gasteiger partial charge in [0.2, 0.25) is 5.69 Å². The molecule has 5 nitrogen and oxygen atoms in total. The summed E-state index contributed by atoms with van der Waals surface area (Å²) in [4.78, 5) is 19.4. The first-order valence-electron chi connectivity index (χ1n) is 5.83. The molecule has 0 bridgehead atoms. The van der Waals surface area contributed by atoms with Crippen molar-refractivity contribution in [2.45, 2.75) is 12.8 Å². The summed E-state index contributed by atoms with van der Waals surface area (Å²) >= 11 is 0. The van der Waals surface area contributed by atoms with Gasteiger partial charge in [0, 0.05) is 24.4 Å². The number of carbonyl (C=O) groups excluding carboxylic acids is 1. The molecule has 5 heteroatoms. The van der Waals surface area contributed by atoms with Crippen molar-refractivity contribution in [3.05, 3.63) is 47.4 Å². The zero-order valence-corrected chi connectivity index (χ0v) is 9.96. The van der Waals surface area contributed by atoms with Crippen LogP contribution in [0.1, 0.15) is 28.0 Å². The molecular formula is C14H9N3O2. The first-order chi connectivity index (χ1) is 9.28. The summed E-state index contributed by atoms with van der Waals surface area (Å²) < 4.78 is 5.55. The number of ketones is 1. The Morgan fingerprint density at radius 1 is 1.21 bits per heavy atom. The van der Waals surface area contributed by atoms with Gasteiger partial charge in [-0.3, -0.25) is 4.79 Å². The lowest BCUT2D eigenvalue weighted by molar-refractivity contribution is 0.0994. The van der Waals surface area contributed by atoms with Crippen LogP contribution in [-0.4, -0.2) is 15.8 Å². The van der Waals surface area contributed by atoms with Gasteiger partial charge in [0.1, 0.15) is 11.8 Å². The highest BCUT2D eigenvalue weighted by Crippen LogP contribution is 2.28. The molecule has 1 aliphatic carbocycles. The fourth-order valence-electron chi connectivity index (χ4n) is 2.08. The number of hydrogen-bond donors (Lipinski definition) is 0. The summed E-state index contributed by atoms with van der Waals surface area (Å²) in [5, 5.41) is 8.91. The topological polar surface area (TPSA) is 75.9 Å². The van der Waals surface area contributed by atoms with Crippen LogP contribution >= 0.6 is 0 Å². The molecule has 0 aliphatic heterocycles. The first kappa shape index (κ1) is 11.4. The average Bonchev–Trinajstić information content (AvgIpc) is 2.81. The van der Waals surface area contributed by atoms with Gasteiger partial charge in [-0.1, -0.05) is 0 Å². The van der Waals surface area contributed by atoms with Crippen LogP contribution in [0.2, 0.25) is 0 Å². The fraction of sp³-hybridized carbons (Fsp3) is 0.143. The Morgan fingerprint density at radius 3 is 2.89 bits per heavy atom. The molecule has 2 aromatic rings. The SMILES string of the molecule is N#Cc1nccnc1Oc1ccc2c(c1)CCC2=O. The molecule has 0 unspecified atom stereocenters. The van der Waals surface area contributed by atoms with Crippen molar-refractivity contribution < 1.29 is 9.53 Å². The molecular weight excluding hydrogens is 242 g/mol. The van der Waals surface area contributed by atoms with E-state index < -0.39 is 0 Å². The Labute approximate surface area is 109 Å². The Balaban J connectivity index is 1.93. The zero-order valence-electron chi connectivity index (χ0n) is 9.96. The van der Waals surface area contributed by atoms with Crippen LogP contribution in [0.3, 0.4) is 0 Å². The van der Waals surface area contributed by atoms with Crippen LogP contribution in [0.5, 0.6) is 11.6 Å². The lowest BCUT2D eigenvalue weighted by atomic mass is 10.1. The molecule has 1 aliphatic rings. The average molecular weight is 251 g/mol. The molecule has 0 saturated heterocycles. The summed E-state index contributed by atoms with van der Waals surface area (Å²) in [6, 6.07) is 7.20. The molecule has 0 amide bonds. The van der Waals surface area contributed by atoms with Gasteiger partial charge < -0.3 is 4.74 Å². The number of rotatable bonds is 2. The van der Waals surface area contributed by atoms with E-state index >= 15 is 0 Å². The van der Waals surface area contributed by atoms with E-state index in [1.54, 1.807) is 12.1 Å². The summed E-state index contributed by atoms with van der Waals surface area (Å²) in [5.41, 5.74) is 1.87. The van der Waals surface area contributed by atoms with Crippen LogP contribution in [-0.2, 0) is 6.42 Å². The number of nitriles is 1. The highest BCUT2D eigenvalue weighted by Gasteiger charge is 2.20. The van der Waals surface area contributed by atoms with E-state index in [0.717, 1.165) is 17.5 Å². The van der Waals surface area contributed by atoms with Gasteiger partial charge in [0.15, 0.2) is 5.78 Å². The highest BCUT2D eigenvalue weighted by atomic mass is 16.5. The number of Topliss-reactive ketones (excluding diaryl/α,β-unsaturated/α-hetero) is 1. The molecule has 0 atom stereocenters.